The predicted octanol–water partition coefficient (Wildman–Crippen LogP) is 3.08. The third-order valence-corrected chi connectivity index (χ3v) is 6.31. The molecule has 24 heavy (non-hydrogen) atoms. The van der Waals surface area contributed by atoms with Crippen molar-refractivity contribution in [1.82, 2.24) is 14.7 Å². The van der Waals surface area contributed by atoms with Crippen molar-refractivity contribution in [2.45, 2.75) is 37.0 Å². The van der Waals surface area contributed by atoms with Gasteiger partial charge >= 0.3 is 0 Å². The Hall–Kier alpha value is -1.95. The predicted molar refractivity (Wildman–Crippen MR) is 94.8 cm³/mol. The minimum absolute atomic E-state index is 0.0468. The monoisotopic (exact) mass is 343 g/mol. The molecule has 1 N–H and O–H groups in total. The van der Waals surface area contributed by atoms with Gasteiger partial charge in [0.25, 0.3) is 5.91 Å². The molecule has 1 aromatic heterocycles. The fourth-order valence-electron chi connectivity index (χ4n) is 3.71. The number of hydrogen-bond acceptors (Lipinski definition) is 4. The molecule has 1 aliphatic heterocycles. The van der Waals surface area contributed by atoms with Gasteiger partial charge in [0.1, 0.15) is 0 Å². The molecule has 2 fully saturated rings. The van der Waals surface area contributed by atoms with Crippen molar-refractivity contribution >= 4 is 17.7 Å². The zero-order valence-corrected chi connectivity index (χ0v) is 14.3. The standard InChI is InChI=1S/C18H21N3O2S/c22-15-12-21(13-6-2-1-3-7-13)19-17(15)18(23)20-10-11-24-16-9-5-4-8-14(16)20/h1-3,6-7,12,14,16,22H,4-5,8-11H2/t14-,16+/m1/s1. The largest absolute Gasteiger partial charge is 0.504 e. The third-order valence-electron chi connectivity index (χ3n) is 4.91. The van der Waals surface area contributed by atoms with Crippen LogP contribution in [0.4, 0.5) is 0 Å². The number of carbonyl (C=O) groups excluding carboxylic acids is 1. The van der Waals surface area contributed by atoms with Gasteiger partial charge in [-0.25, -0.2) is 4.68 Å². The molecule has 6 heteroatoms. The molecule has 0 radical (unpaired) electrons. The Morgan fingerprint density at radius 1 is 1.21 bits per heavy atom. The van der Waals surface area contributed by atoms with E-state index in [0.29, 0.717) is 5.25 Å². The van der Waals surface area contributed by atoms with E-state index < -0.39 is 0 Å². The molecule has 1 amide bonds. The van der Waals surface area contributed by atoms with Gasteiger partial charge in [-0.2, -0.15) is 16.9 Å². The summed E-state index contributed by atoms with van der Waals surface area (Å²) >= 11 is 1.99. The van der Waals surface area contributed by atoms with Crippen molar-refractivity contribution in [3.63, 3.8) is 0 Å². The number of aromatic nitrogens is 2. The van der Waals surface area contributed by atoms with E-state index in [1.165, 1.54) is 25.5 Å². The highest BCUT2D eigenvalue weighted by Gasteiger charge is 2.38. The Labute approximate surface area is 145 Å². The molecule has 5 nitrogen and oxygen atoms in total. The highest BCUT2D eigenvalue weighted by Crippen LogP contribution is 2.36. The molecular formula is C18H21N3O2S. The molecule has 0 unspecified atom stereocenters. The van der Waals surface area contributed by atoms with Crippen LogP contribution in [-0.4, -0.2) is 49.3 Å². The SMILES string of the molecule is O=C(c1nn(-c2ccccc2)cc1O)N1CCS[C@H]2CCCC[C@H]21. The normalized spacial score (nSPS) is 23.8. The van der Waals surface area contributed by atoms with Gasteiger partial charge in [-0.3, -0.25) is 4.79 Å². The molecule has 4 rings (SSSR count). The minimum Gasteiger partial charge on any atom is -0.504 e. The van der Waals surface area contributed by atoms with Gasteiger partial charge in [0.2, 0.25) is 0 Å². The van der Waals surface area contributed by atoms with Gasteiger partial charge < -0.3 is 10.0 Å². The molecule has 126 valence electrons. The summed E-state index contributed by atoms with van der Waals surface area (Å²) in [6.07, 6.45) is 6.19. The van der Waals surface area contributed by atoms with Crippen LogP contribution < -0.4 is 0 Å². The van der Waals surface area contributed by atoms with Gasteiger partial charge in [0.15, 0.2) is 11.4 Å². The number of para-hydroxylation sites is 1. The lowest BCUT2D eigenvalue weighted by molar-refractivity contribution is 0.0637. The van der Waals surface area contributed by atoms with Crippen LogP contribution in [0.2, 0.25) is 0 Å². The summed E-state index contributed by atoms with van der Waals surface area (Å²) < 4.78 is 1.57. The topological polar surface area (TPSA) is 58.4 Å². The molecule has 1 aliphatic carbocycles. The lowest BCUT2D eigenvalue weighted by atomic mass is 9.93. The maximum absolute atomic E-state index is 13.0. The van der Waals surface area contributed by atoms with E-state index in [4.69, 9.17) is 0 Å². The van der Waals surface area contributed by atoms with Gasteiger partial charge in [-0.15, -0.1) is 0 Å². The van der Waals surface area contributed by atoms with Crippen molar-refractivity contribution in [3.8, 4) is 11.4 Å². The summed E-state index contributed by atoms with van der Waals surface area (Å²) in [5, 5.41) is 15.2. The third kappa shape index (κ3) is 2.79. The van der Waals surface area contributed by atoms with Gasteiger partial charge in [0.05, 0.1) is 11.9 Å². The number of carbonyl (C=O) groups is 1. The molecule has 2 heterocycles. The second-order valence-electron chi connectivity index (χ2n) is 6.40. The van der Waals surface area contributed by atoms with Gasteiger partial charge in [-0.1, -0.05) is 31.0 Å². The second-order valence-corrected chi connectivity index (χ2v) is 7.75. The van der Waals surface area contributed by atoms with E-state index in [9.17, 15) is 9.90 Å². The zero-order chi connectivity index (χ0) is 16.5. The van der Waals surface area contributed by atoms with Crippen molar-refractivity contribution in [1.29, 1.82) is 0 Å². The highest BCUT2D eigenvalue weighted by molar-refractivity contribution is 8.00. The van der Waals surface area contributed by atoms with Crippen LogP contribution >= 0.6 is 11.8 Å². The van der Waals surface area contributed by atoms with Gasteiger partial charge in [-0.05, 0) is 25.0 Å². The molecule has 2 aromatic rings. The number of benzene rings is 1. The fourth-order valence-corrected chi connectivity index (χ4v) is 5.16. The van der Waals surface area contributed by atoms with Crippen molar-refractivity contribution in [3.05, 3.63) is 42.2 Å². The summed E-state index contributed by atoms with van der Waals surface area (Å²) in [7, 11) is 0. The molecular weight excluding hydrogens is 322 g/mol. The number of aromatic hydroxyl groups is 1. The van der Waals surface area contributed by atoms with E-state index in [0.717, 1.165) is 24.4 Å². The molecule has 2 atom stereocenters. The van der Waals surface area contributed by atoms with E-state index >= 15 is 0 Å². The first-order valence-electron chi connectivity index (χ1n) is 8.50. The summed E-state index contributed by atoms with van der Waals surface area (Å²) in [6.45, 7) is 0.738. The Morgan fingerprint density at radius 3 is 2.83 bits per heavy atom. The summed E-state index contributed by atoms with van der Waals surface area (Å²) in [6, 6.07) is 9.82. The number of thioether (sulfide) groups is 1. The first kappa shape index (κ1) is 15.6. The fraction of sp³-hybridized carbons (Fsp3) is 0.444. The Morgan fingerprint density at radius 2 is 2.00 bits per heavy atom. The Balaban J connectivity index is 1.61. The molecule has 0 spiro atoms. The molecule has 0 bridgehead atoms. The number of nitrogens with zero attached hydrogens (tertiary/aromatic N) is 3. The maximum atomic E-state index is 13.0. The van der Waals surface area contributed by atoms with Crippen LogP contribution in [0.5, 0.6) is 5.75 Å². The molecule has 1 saturated carbocycles. The summed E-state index contributed by atoms with van der Waals surface area (Å²) in [4.78, 5) is 14.9. The van der Waals surface area contributed by atoms with E-state index in [1.54, 1.807) is 4.68 Å². The van der Waals surface area contributed by atoms with E-state index in [1.807, 2.05) is 47.0 Å². The number of fused-ring (bicyclic) bond motifs is 1. The van der Waals surface area contributed by atoms with Crippen LogP contribution in [0.1, 0.15) is 36.2 Å². The summed E-state index contributed by atoms with van der Waals surface area (Å²) in [5.74, 6) is 0.779. The first-order chi connectivity index (χ1) is 11.7. The Bertz CT molecular complexity index is 729. The second kappa shape index (κ2) is 6.51. The van der Waals surface area contributed by atoms with Crippen LogP contribution in [0, 0.1) is 0 Å². The van der Waals surface area contributed by atoms with Crippen LogP contribution in [0.25, 0.3) is 5.69 Å². The quantitative estimate of drug-likeness (QED) is 0.910. The lowest BCUT2D eigenvalue weighted by Gasteiger charge is -2.43. The van der Waals surface area contributed by atoms with Crippen LogP contribution in [-0.2, 0) is 0 Å². The first-order valence-corrected chi connectivity index (χ1v) is 9.55. The van der Waals surface area contributed by atoms with Gasteiger partial charge in [0, 0.05) is 23.6 Å². The zero-order valence-electron chi connectivity index (χ0n) is 13.5. The van der Waals surface area contributed by atoms with Crippen molar-refractivity contribution in [2.24, 2.45) is 0 Å². The maximum Gasteiger partial charge on any atom is 0.278 e. The Kier molecular flexibility index (Phi) is 4.22. The van der Waals surface area contributed by atoms with Crippen molar-refractivity contribution < 1.29 is 9.90 Å². The van der Waals surface area contributed by atoms with Crippen LogP contribution in [0.15, 0.2) is 36.5 Å². The molecule has 1 saturated heterocycles. The van der Waals surface area contributed by atoms with E-state index in [2.05, 4.69) is 5.10 Å². The number of amides is 1. The average molecular weight is 343 g/mol. The number of hydrogen-bond donors (Lipinski definition) is 1. The lowest BCUT2D eigenvalue weighted by Crippen LogP contribution is -2.51. The minimum atomic E-state index is -0.139. The summed E-state index contributed by atoms with van der Waals surface area (Å²) in [5.41, 5.74) is 0.992. The van der Waals surface area contributed by atoms with Crippen LogP contribution in [0.3, 0.4) is 0 Å². The molecule has 1 aromatic carbocycles. The van der Waals surface area contributed by atoms with Crippen molar-refractivity contribution in [2.75, 3.05) is 12.3 Å². The number of rotatable bonds is 2. The van der Waals surface area contributed by atoms with E-state index in [-0.39, 0.29) is 23.4 Å². The smallest absolute Gasteiger partial charge is 0.278 e. The average Bonchev–Trinajstić information content (AvgIpc) is 3.03. The highest BCUT2D eigenvalue weighted by atomic mass is 32.2. The molecule has 2 aliphatic rings.